The summed E-state index contributed by atoms with van der Waals surface area (Å²) in [4.78, 5) is 31.2. The van der Waals surface area contributed by atoms with Crippen LogP contribution in [0, 0.1) is 6.92 Å². The van der Waals surface area contributed by atoms with Crippen LogP contribution in [0.15, 0.2) is 65.1 Å². The van der Waals surface area contributed by atoms with E-state index < -0.39 is 0 Å². The highest BCUT2D eigenvalue weighted by Gasteiger charge is 2.20. The molecule has 1 fully saturated rings. The van der Waals surface area contributed by atoms with Gasteiger partial charge in [-0.15, -0.1) is 0 Å². The molecule has 152 valence electrons. The van der Waals surface area contributed by atoms with Gasteiger partial charge in [0.1, 0.15) is 0 Å². The molecule has 1 saturated heterocycles. The van der Waals surface area contributed by atoms with Crippen LogP contribution in [-0.2, 0) is 11.3 Å². The van der Waals surface area contributed by atoms with Crippen molar-refractivity contribution >= 4 is 33.4 Å². The normalized spacial score (nSPS) is 13.5. The molecule has 30 heavy (non-hydrogen) atoms. The van der Waals surface area contributed by atoms with Crippen LogP contribution in [-0.4, -0.2) is 28.2 Å². The number of halogens is 1. The Morgan fingerprint density at radius 2 is 1.97 bits per heavy atom. The fraction of sp³-hybridized carbons (Fsp3) is 0.208. The maximum Gasteiger partial charge on any atom is 0.257 e. The molecule has 2 amide bonds. The lowest BCUT2D eigenvalue weighted by molar-refractivity contribution is -0.128. The molecule has 0 bridgehead atoms. The van der Waals surface area contributed by atoms with E-state index in [9.17, 15) is 9.59 Å². The minimum atomic E-state index is -0.199. The fourth-order valence-corrected chi connectivity index (χ4v) is 4.05. The number of carbonyl (C=O) groups is 2. The molecule has 2 aromatic carbocycles. The molecule has 0 aliphatic carbocycles. The number of rotatable bonds is 5. The van der Waals surface area contributed by atoms with E-state index in [4.69, 9.17) is 0 Å². The average Bonchev–Trinajstić information content (AvgIpc) is 3.12. The smallest absolute Gasteiger partial charge is 0.257 e. The molecule has 4 rings (SSSR count). The van der Waals surface area contributed by atoms with Crippen molar-refractivity contribution in [3.8, 4) is 11.3 Å². The number of hydrogen-bond donors (Lipinski definition) is 1. The Labute approximate surface area is 184 Å². The molecule has 2 heterocycles. The maximum absolute atomic E-state index is 12.8. The second kappa shape index (κ2) is 8.79. The summed E-state index contributed by atoms with van der Waals surface area (Å²) in [6.45, 7) is 3.21. The third kappa shape index (κ3) is 4.60. The van der Waals surface area contributed by atoms with Gasteiger partial charge in [-0.1, -0.05) is 40.2 Å². The zero-order valence-corrected chi connectivity index (χ0v) is 18.3. The van der Waals surface area contributed by atoms with E-state index in [0.717, 1.165) is 34.3 Å². The van der Waals surface area contributed by atoms with Crippen LogP contribution in [0.2, 0.25) is 0 Å². The Morgan fingerprint density at radius 3 is 2.70 bits per heavy atom. The highest BCUT2D eigenvalue weighted by molar-refractivity contribution is 9.10. The van der Waals surface area contributed by atoms with Crippen LogP contribution in [0.3, 0.4) is 0 Å². The van der Waals surface area contributed by atoms with E-state index in [1.807, 2.05) is 66.4 Å². The van der Waals surface area contributed by atoms with Gasteiger partial charge in [-0.25, -0.2) is 0 Å². The minimum absolute atomic E-state index is 0.191. The van der Waals surface area contributed by atoms with E-state index in [0.29, 0.717) is 29.9 Å². The van der Waals surface area contributed by atoms with Gasteiger partial charge in [-0.2, -0.15) is 0 Å². The van der Waals surface area contributed by atoms with Crippen molar-refractivity contribution in [3.63, 3.8) is 0 Å². The predicted molar refractivity (Wildman–Crippen MR) is 121 cm³/mol. The molecular weight excluding hydrogens is 442 g/mol. The van der Waals surface area contributed by atoms with Crippen molar-refractivity contribution in [3.05, 3.63) is 82.0 Å². The van der Waals surface area contributed by atoms with Crippen LogP contribution >= 0.6 is 15.9 Å². The van der Waals surface area contributed by atoms with Crippen molar-refractivity contribution in [2.45, 2.75) is 26.3 Å². The Balaban J connectivity index is 1.48. The van der Waals surface area contributed by atoms with Gasteiger partial charge >= 0.3 is 0 Å². The van der Waals surface area contributed by atoms with Crippen molar-refractivity contribution in [2.24, 2.45) is 0 Å². The summed E-state index contributed by atoms with van der Waals surface area (Å²) < 4.78 is 0.983. The number of amides is 2. The van der Waals surface area contributed by atoms with Crippen molar-refractivity contribution in [1.82, 2.24) is 9.88 Å². The molecule has 0 saturated carbocycles. The highest BCUT2D eigenvalue weighted by atomic mass is 79.9. The zero-order valence-electron chi connectivity index (χ0n) is 16.7. The minimum Gasteiger partial charge on any atom is -0.338 e. The van der Waals surface area contributed by atoms with E-state index in [1.165, 1.54) is 0 Å². The predicted octanol–water partition coefficient (Wildman–Crippen LogP) is 5.19. The summed E-state index contributed by atoms with van der Waals surface area (Å²) in [6.07, 6.45) is 1.54. The number of carbonyl (C=O) groups excluding carboxylic acids is 2. The summed E-state index contributed by atoms with van der Waals surface area (Å²) in [7, 11) is 0. The third-order valence-electron chi connectivity index (χ3n) is 5.18. The van der Waals surface area contributed by atoms with Crippen molar-refractivity contribution in [2.75, 3.05) is 11.9 Å². The van der Waals surface area contributed by atoms with Gasteiger partial charge in [0.25, 0.3) is 5.91 Å². The first-order valence-electron chi connectivity index (χ1n) is 9.91. The summed E-state index contributed by atoms with van der Waals surface area (Å²) in [5.74, 6) is -0.00753. The number of nitrogens with zero attached hydrogens (tertiary/aromatic N) is 2. The van der Waals surface area contributed by atoms with Gasteiger partial charge in [0.2, 0.25) is 5.91 Å². The Morgan fingerprint density at radius 1 is 1.13 bits per heavy atom. The second-order valence-corrected chi connectivity index (χ2v) is 8.33. The molecule has 1 aliphatic rings. The topological polar surface area (TPSA) is 62.3 Å². The van der Waals surface area contributed by atoms with Gasteiger partial charge in [0, 0.05) is 35.2 Å². The molecule has 5 nitrogen and oxygen atoms in total. The average molecular weight is 464 g/mol. The van der Waals surface area contributed by atoms with Gasteiger partial charge < -0.3 is 10.2 Å². The molecule has 1 N–H and O–H groups in total. The highest BCUT2D eigenvalue weighted by Crippen LogP contribution is 2.23. The van der Waals surface area contributed by atoms with Crippen molar-refractivity contribution < 1.29 is 9.59 Å². The first-order valence-corrected chi connectivity index (χ1v) is 10.7. The van der Waals surface area contributed by atoms with Crippen LogP contribution in [0.1, 0.15) is 34.5 Å². The summed E-state index contributed by atoms with van der Waals surface area (Å²) in [5, 5.41) is 2.95. The summed E-state index contributed by atoms with van der Waals surface area (Å²) in [6, 6.07) is 19.2. The molecule has 0 atom stereocenters. The van der Waals surface area contributed by atoms with Gasteiger partial charge in [-0.05, 0) is 55.3 Å². The van der Waals surface area contributed by atoms with Crippen molar-refractivity contribution in [1.29, 1.82) is 0 Å². The Hall–Kier alpha value is -2.99. The molecular formula is C24H22BrN3O2. The van der Waals surface area contributed by atoms with Crippen LogP contribution in [0.5, 0.6) is 0 Å². The lowest BCUT2D eigenvalue weighted by atomic mass is 10.1. The molecule has 6 heteroatoms. The lowest BCUT2D eigenvalue weighted by Crippen LogP contribution is -2.23. The van der Waals surface area contributed by atoms with E-state index >= 15 is 0 Å². The molecule has 0 radical (unpaired) electrons. The number of anilines is 1. The molecule has 3 aromatic rings. The number of hydrogen-bond acceptors (Lipinski definition) is 3. The largest absolute Gasteiger partial charge is 0.338 e. The second-order valence-electron chi connectivity index (χ2n) is 7.41. The zero-order chi connectivity index (χ0) is 21.1. The van der Waals surface area contributed by atoms with Gasteiger partial charge in [0.05, 0.1) is 17.0 Å². The van der Waals surface area contributed by atoms with Crippen LogP contribution < -0.4 is 5.32 Å². The SMILES string of the molecule is Cc1nc(-c2cccc(Br)c2)ccc1C(=O)Nc1cccc(CN2CCCC2=O)c1. The number of benzene rings is 2. The van der Waals surface area contributed by atoms with E-state index in [2.05, 4.69) is 26.2 Å². The lowest BCUT2D eigenvalue weighted by Gasteiger charge is -2.16. The fourth-order valence-electron chi connectivity index (χ4n) is 3.65. The summed E-state index contributed by atoms with van der Waals surface area (Å²) >= 11 is 3.48. The van der Waals surface area contributed by atoms with E-state index in [-0.39, 0.29) is 11.8 Å². The third-order valence-corrected chi connectivity index (χ3v) is 5.67. The number of nitrogens with one attached hydrogen (secondary N) is 1. The molecule has 1 aromatic heterocycles. The maximum atomic E-state index is 12.8. The first-order chi connectivity index (χ1) is 14.5. The van der Waals surface area contributed by atoms with Gasteiger partial charge in [-0.3, -0.25) is 14.6 Å². The Bertz CT molecular complexity index is 1110. The summed E-state index contributed by atoms with van der Waals surface area (Å²) in [5.41, 5.74) is 4.73. The molecule has 0 spiro atoms. The number of aromatic nitrogens is 1. The quantitative estimate of drug-likeness (QED) is 0.565. The van der Waals surface area contributed by atoms with Gasteiger partial charge in [0.15, 0.2) is 0 Å². The monoisotopic (exact) mass is 463 g/mol. The van der Waals surface area contributed by atoms with Crippen LogP contribution in [0.4, 0.5) is 5.69 Å². The van der Waals surface area contributed by atoms with Crippen LogP contribution in [0.25, 0.3) is 11.3 Å². The number of pyridine rings is 1. The molecule has 1 aliphatic heterocycles. The number of likely N-dealkylation sites (tertiary alicyclic amines) is 1. The Kier molecular flexibility index (Phi) is 5.95. The first kappa shape index (κ1) is 20.3. The number of aryl methyl sites for hydroxylation is 1. The van der Waals surface area contributed by atoms with E-state index in [1.54, 1.807) is 6.07 Å². The standard InChI is InChI=1S/C24H22BrN3O2/c1-16-21(10-11-22(26-16)18-6-3-7-19(25)14-18)24(30)27-20-8-2-5-17(13-20)15-28-12-4-9-23(28)29/h2-3,5-8,10-11,13-14H,4,9,12,15H2,1H3,(H,27,30). The molecule has 0 unspecified atom stereocenters.